The summed E-state index contributed by atoms with van der Waals surface area (Å²) in [6, 6.07) is -0.765. The fraction of sp³-hybridized carbons (Fsp3) is 0.857. The summed E-state index contributed by atoms with van der Waals surface area (Å²) < 4.78 is 4.98. The molecule has 0 aromatic carbocycles. The van der Waals surface area contributed by atoms with E-state index in [2.05, 4.69) is 0 Å². The Bertz CT molecular complexity index is 143. The Balaban J connectivity index is 3.37. The first-order valence-corrected chi connectivity index (χ1v) is 4.82. The Morgan fingerprint density at radius 3 is 2.67 bits per heavy atom. The Morgan fingerprint density at radius 2 is 2.25 bits per heavy atom. The minimum absolute atomic E-state index is 0.149. The Hall–Kier alpha value is -0.260. The molecule has 2 unspecified atom stereocenters. The van der Waals surface area contributed by atoms with Crippen molar-refractivity contribution < 1.29 is 14.6 Å². The third-order valence-electron chi connectivity index (χ3n) is 1.37. The number of methoxy groups -OCH3 is 1. The van der Waals surface area contributed by atoms with Crippen LogP contribution in [0.5, 0.6) is 0 Å². The summed E-state index contributed by atoms with van der Waals surface area (Å²) in [5.74, 6) is 0.258. The van der Waals surface area contributed by atoms with E-state index in [-0.39, 0.29) is 6.10 Å². The third kappa shape index (κ3) is 5.40. The summed E-state index contributed by atoms with van der Waals surface area (Å²) in [7, 11) is 1.63. The maximum absolute atomic E-state index is 10.3. The fourth-order valence-electron chi connectivity index (χ4n) is 0.500. The van der Waals surface area contributed by atoms with E-state index >= 15 is 0 Å². The van der Waals surface area contributed by atoms with Gasteiger partial charge in [0.1, 0.15) is 6.04 Å². The lowest BCUT2D eigenvalue weighted by atomic mass is 10.4. The van der Waals surface area contributed by atoms with Gasteiger partial charge in [-0.25, -0.2) is 0 Å². The van der Waals surface area contributed by atoms with Crippen LogP contribution in [0.3, 0.4) is 0 Å². The van der Waals surface area contributed by atoms with Gasteiger partial charge < -0.3 is 15.6 Å². The van der Waals surface area contributed by atoms with E-state index in [0.29, 0.717) is 5.75 Å². The van der Waals surface area contributed by atoms with Crippen LogP contribution in [-0.4, -0.2) is 41.8 Å². The first-order chi connectivity index (χ1) is 5.57. The van der Waals surface area contributed by atoms with Gasteiger partial charge in [-0.2, -0.15) is 11.8 Å². The van der Waals surface area contributed by atoms with E-state index in [0.717, 1.165) is 5.75 Å². The zero-order valence-electron chi connectivity index (χ0n) is 7.32. The number of rotatable bonds is 6. The number of carboxylic acid groups (broad SMARTS) is 1. The van der Waals surface area contributed by atoms with E-state index in [1.54, 1.807) is 7.11 Å². The van der Waals surface area contributed by atoms with Crippen molar-refractivity contribution in [1.82, 2.24) is 0 Å². The van der Waals surface area contributed by atoms with Crippen LogP contribution < -0.4 is 5.73 Å². The van der Waals surface area contributed by atoms with Gasteiger partial charge in [0.2, 0.25) is 0 Å². The highest BCUT2D eigenvalue weighted by Crippen LogP contribution is 2.05. The van der Waals surface area contributed by atoms with Crippen molar-refractivity contribution in [3.8, 4) is 0 Å². The number of thioether (sulfide) groups is 1. The van der Waals surface area contributed by atoms with Gasteiger partial charge in [-0.05, 0) is 6.92 Å². The topological polar surface area (TPSA) is 72.5 Å². The summed E-state index contributed by atoms with van der Waals surface area (Å²) in [6.45, 7) is 1.93. The number of carbonyl (C=O) groups is 1. The van der Waals surface area contributed by atoms with Gasteiger partial charge in [-0.1, -0.05) is 0 Å². The predicted molar refractivity (Wildman–Crippen MR) is 49.4 cm³/mol. The van der Waals surface area contributed by atoms with Crippen LogP contribution in [0.25, 0.3) is 0 Å². The highest BCUT2D eigenvalue weighted by molar-refractivity contribution is 7.99. The van der Waals surface area contributed by atoms with Crippen LogP contribution in [0, 0.1) is 0 Å². The molecule has 0 aromatic heterocycles. The third-order valence-corrected chi connectivity index (χ3v) is 2.67. The Labute approximate surface area is 76.5 Å². The van der Waals surface area contributed by atoms with Crippen molar-refractivity contribution in [2.75, 3.05) is 18.6 Å². The summed E-state index contributed by atoms with van der Waals surface area (Å²) in [5, 5.41) is 8.43. The summed E-state index contributed by atoms with van der Waals surface area (Å²) >= 11 is 1.49. The molecule has 2 atom stereocenters. The van der Waals surface area contributed by atoms with Gasteiger partial charge in [0, 0.05) is 18.6 Å². The minimum atomic E-state index is -0.951. The van der Waals surface area contributed by atoms with Crippen LogP contribution in [0.2, 0.25) is 0 Å². The van der Waals surface area contributed by atoms with Gasteiger partial charge >= 0.3 is 5.97 Å². The second-order valence-corrected chi connectivity index (χ2v) is 3.60. The highest BCUT2D eigenvalue weighted by Gasteiger charge is 2.11. The smallest absolute Gasteiger partial charge is 0.321 e. The molecular weight excluding hydrogens is 178 g/mol. The van der Waals surface area contributed by atoms with Crippen LogP contribution in [0.15, 0.2) is 0 Å². The molecule has 0 aliphatic heterocycles. The monoisotopic (exact) mass is 193 g/mol. The number of aliphatic carboxylic acids is 1. The molecule has 0 amide bonds. The lowest BCUT2D eigenvalue weighted by Crippen LogP contribution is -2.32. The van der Waals surface area contributed by atoms with Crippen molar-refractivity contribution in [2.45, 2.75) is 19.1 Å². The number of hydrogen-bond donors (Lipinski definition) is 2. The summed E-state index contributed by atoms with van der Waals surface area (Å²) in [5.41, 5.74) is 5.28. The molecule has 0 spiro atoms. The van der Waals surface area contributed by atoms with E-state index < -0.39 is 12.0 Å². The maximum Gasteiger partial charge on any atom is 0.321 e. The molecule has 0 heterocycles. The molecule has 12 heavy (non-hydrogen) atoms. The Morgan fingerprint density at radius 1 is 1.67 bits per heavy atom. The van der Waals surface area contributed by atoms with Crippen molar-refractivity contribution in [2.24, 2.45) is 5.73 Å². The van der Waals surface area contributed by atoms with Gasteiger partial charge in [-0.15, -0.1) is 0 Å². The fourth-order valence-corrected chi connectivity index (χ4v) is 1.50. The first kappa shape index (κ1) is 11.7. The molecule has 5 heteroatoms. The van der Waals surface area contributed by atoms with Crippen LogP contribution in [-0.2, 0) is 9.53 Å². The number of carboxylic acids is 1. The molecule has 0 aliphatic rings. The highest BCUT2D eigenvalue weighted by atomic mass is 32.2. The zero-order valence-corrected chi connectivity index (χ0v) is 8.13. The maximum atomic E-state index is 10.3. The van der Waals surface area contributed by atoms with Crippen molar-refractivity contribution in [3.63, 3.8) is 0 Å². The minimum Gasteiger partial charge on any atom is -0.480 e. The Kier molecular flexibility index (Phi) is 6.14. The number of nitrogens with two attached hydrogens (primary N) is 1. The first-order valence-electron chi connectivity index (χ1n) is 3.66. The van der Waals surface area contributed by atoms with E-state index in [9.17, 15) is 4.79 Å². The van der Waals surface area contributed by atoms with Gasteiger partial charge in [0.15, 0.2) is 0 Å². The van der Waals surface area contributed by atoms with Crippen LogP contribution in [0.4, 0.5) is 0 Å². The second kappa shape index (κ2) is 6.28. The predicted octanol–water partition coefficient (Wildman–Crippen LogP) is 0.166. The molecule has 0 aliphatic carbocycles. The standard InChI is InChI=1S/C7H15NO3S/c1-5(11-2)3-12-4-6(8)7(9)10/h5-6H,3-4,8H2,1-2H3,(H,9,10). The quantitative estimate of drug-likeness (QED) is 0.629. The van der Waals surface area contributed by atoms with E-state index in [1.165, 1.54) is 11.8 Å². The van der Waals surface area contributed by atoms with Crippen molar-refractivity contribution in [1.29, 1.82) is 0 Å². The van der Waals surface area contributed by atoms with E-state index in [1.807, 2.05) is 6.92 Å². The molecule has 0 aromatic rings. The number of hydrogen-bond acceptors (Lipinski definition) is 4. The average molecular weight is 193 g/mol. The lowest BCUT2D eigenvalue weighted by Gasteiger charge is -2.09. The normalized spacial score (nSPS) is 15.6. The van der Waals surface area contributed by atoms with Gasteiger partial charge in [0.25, 0.3) is 0 Å². The molecule has 0 rings (SSSR count). The molecule has 0 fully saturated rings. The van der Waals surface area contributed by atoms with Crippen LogP contribution in [0.1, 0.15) is 6.92 Å². The number of ether oxygens (including phenoxy) is 1. The second-order valence-electron chi connectivity index (χ2n) is 2.53. The molecule has 0 saturated heterocycles. The zero-order chi connectivity index (χ0) is 9.56. The van der Waals surface area contributed by atoms with E-state index in [4.69, 9.17) is 15.6 Å². The largest absolute Gasteiger partial charge is 0.480 e. The van der Waals surface area contributed by atoms with Gasteiger partial charge in [-0.3, -0.25) is 4.79 Å². The molecular formula is C7H15NO3S. The van der Waals surface area contributed by atoms with Crippen molar-refractivity contribution in [3.05, 3.63) is 0 Å². The van der Waals surface area contributed by atoms with Crippen molar-refractivity contribution >= 4 is 17.7 Å². The molecule has 0 saturated carbocycles. The summed E-state index contributed by atoms with van der Waals surface area (Å²) in [4.78, 5) is 10.3. The SMILES string of the molecule is COC(C)CSCC(N)C(=O)O. The molecule has 0 radical (unpaired) electrons. The summed E-state index contributed by atoms with van der Waals surface area (Å²) in [6.07, 6.45) is 0.149. The van der Waals surface area contributed by atoms with Crippen LogP contribution >= 0.6 is 11.8 Å². The van der Waals surface area contributed by atoms with Gasteiger partial charge in [0.05, 0.1) is 6.10 Å². The molecule has 4 nitrogen and oxygen atoms in total. The molecule has 0 bridgehead atoms. The molecule has 3 N–H and O–H groups in total. The lowest BCUT2D eigenvalue weighted by molar-refractivity contribution is -0.137. The molecule has 72 valence electrons. The average Bonchev–Trinajstić information content (AvgIpc) is 2.03.